The van der Waals surface area contributed by atoms with E-state index < -0.39 is 0 Å². The summed E-state index contributed by atoms with van der Waals surface area (Å²) >= 11 is 0. The highest BCUT2D eigenvalue weighted by Crippen LogP contribution is 2.34. The fourth-order valence-corrected chi connectivity index (χ4v) is 3.37. The van der Waals surface area contributed by atoms with Crippen molar-refractivity contribution in [2.45, 2.75) is 32.7 Å². The molecular weight excluding hydrogens is 300 g/mol. The maximum absolute atomic E-state index is 11.9. The van der Waals surface area contributed by atoms with Crippen molar-refractivity contribution < 1.29 is 9.59 Å². The first-order chi connectivity index (χ1) is 11.5. The van der Waals surface area contributed by atoms with Crippen molar-refractivity contribution >= 4 is 17.5 Å². The lowest BCUT2D eigenvalue weighted by Crippen LogP contribution is -2.40. The number of anilines is 1. The number of carbonyl (C=O) groups is 2. The van der Waals surface area contributed by atoms with Gasteiger partial charge in [-0.2, -0.15) is 0 Å². The van der Waals surface area contributed by atoms with Crippen molar-refractivity contribution in [2.24, 2.45) is 0 Å². The molecule has 3 rings (SSSR count). The van der Waals surface area contributed by atoms with Gasteiger partial charge in [0.25, 0.3) is 5.91 Å². The zero-order valence-corrected chi connectivity index (χ0v) is 14.3. The van der Waals surface area contributed by atoms with Crippen molar-refractivity contribution in [3.8, 4) is 11.1 Å². The summed E-state index contributed by atoms with van der Waals surface area (Å²) in [5, 5.41) is 2.62. The van der Waals surface area contributed by atoms with Crippen LogP contribution in [0.2, 0.25) is 0 Å². The minimum atomic E-state index is -0.0851. The molecule has 2 amide bonds. The Morgan fingerprint density at radius 2 is 1.75 bits per heavy atom. The van der Waals surface area contributed by atoms with Gasteiger partial charge in [-0.25, -0.2) is 0 Å². The highest BCUT2D eigenvalue weighted by molar-refractivity contribution is 5.95. The molecule has 1 aliphatic heterocycles. The minimum absolute atomic E-state index is 0.0851. The van der Waals surface area contributed by atoms with Crippen LogP contribution in [0.15, 0.2) is 42.5 Å². The van der Waals surface area contributed by atoms with E-state index in [0.717, 1.165) is 29.7 Å². The first-order valence-electron chi connectivity index (χ1n) is 8.26. The first kappa shape index (κ1) is 16.2. The van der Waals surface area contributed by atoms with E-state index >= 15 is 0 Å². The molecule has 0 saturated heterocycles. The van der Waals surface area contributed by atoms with Gasteiger partial charge in [-0.1, -0.05) is 18.2 Å². The quantitative estimate of drug-likeness (QED) is 0.921. The second-order valence-electron chi connectivity index (χ2n) is 6.28. The van der Waals surface area contributed by atoms with Crippen LogP contribution in [0.4, 0.5) is 5.69 Å². The summed E-state index contributed by atoms with van der Waals surface area (Å²) in [5.41, 5.74) is 5.05. The van der Waals surface area contributed by atoms with Crippen molar-refractivity contribution in [2.75, 3.05) is 11.9 Å². The summed E-state index contributed by atoms with van der Waals surface area (Å²) in [6, 6.07) is 14.1. The molecule has 0 fully saturated rings. The molecule has 2 aromatic carbocycles. The number of nitrogens with zero attached hydrogens (tertiary/aromatic N) is 1. The Balaban J connectivity index is 1.94. The van der Waals surface area contributed by atoms with Gasteiger partial charge in [0.1, 0.15) is 0 Å². The molecule has 0 spiro atoms. The van der Waals surface area contributed by atoms with E-state index in [1.165, 1.54) is 5.56 Å². The monoisotopic (exact) mass is 322 g/mol. The van der Waals surface area contributed by atoms with Crippen molar-refractivity contribution in [3.63, 3.8) is 0 Å². The number of benzene rings is 2. The fraction of sp³-hybridized carbons (Fsp3) is 0.300. The maximum atomic E-state index is 11.9. The van der Waals surface area contributed by atoms with Gasteiger partial charge in [0.05, 0.1) is 0 Å². The van der Waals surface area contributed by atoms with E-state index in [2.05, 4.69) is 18.3 Å². The zero-order valence-electron chi connectivity index (χ0n) is 14.3. The smallest absolute Gasteiger partial charge is 0.251 e. The zero-order chi connectivity index (χ0) is 17.3. The third-order valence-corrected chi connectivity index (χ3v) is 4.66. The van der Waals surface area contributed by atoms with Crippen LogP contribution < -0.4 is 10.2 Å². The number of hydrogen-bond acceptors (Lipinski definition) is 2. The standard InChI is InChI=1S/C20H22N2O2/c1-13-4-5-18-12-17(10-11-19(18)22(13)14(2)23)15-6-8-16(9-7-15)20(24)21-3/h6-13H,4-5H2,1-3H3,(H,21,24)/t13-/m0/s1. The highest BCUT2D eigenvalue weighted by Gasteiger charge is 2.26. The van der Waals surface area contributed by atoms with E-state index in [-0.39, 0.29) is 17.9 Å². The van der Waals surface area contributed by atoms with E-state index in [1.54, 1.807) is 14.0 Å². The van der Waals surface area contributed by atoms with Gasteiger partial charge >= 0.3 is 0 Å². The largest absolute Gasteiger partial charge is 0.355 e. The highest BCUT2D eigenvalue weighted by atomic mass is 16.2. The van der Waals surface area contributed by atoms with Gasteiger partial charge in [0.2, 0.25) is 5.91 Å². The van der Waals surface area contributed by atoms with Gasteiger partial charge in [0, 0.05) is 31.3 Å². The second-order valence-corrected chi connectivity index (χ2v) is 6.28. The van der Waals surface area contributed by atoms with Crippen LogP contribution in [-0.4, -0.2) is 24.9 Å². The fourth-order valence-electron chi connectivity index (χ4n) is 3.37. The van der Waals surface area contributed by atoms with Crippen molar-refractivity contribution in [1.82, 2.24) is 5.32 Å². The van der Waals surface area contributed by atoms with Crippen LogP contribution in [0, 0.1) is 0 Å². The summed E-state index contributed by atoms with van der Waals surface area (Å²) in [6.45, 7) is 3.72. The van der Waals surface area contributed by atoms with Crippen molar-refractivity contribution in [3.05, 3.63) is 53.6 Å². The number of fused-ring (bicyclic) bond motifs is 1. The summed E-state index contributed by atoms with van der Waals surface area (Å²) in [4.78, 5) is 25.5. The molecule has 4 heteroatoms. The Morgan fingerprint density at radius 3 is 2.38 bits per heavy atom. The number of hydrogen-bond donors (Lipinski definition) is 1. The average molecular weight is 322 g/mol. The Morgan fingerprint density at radius 1 is 1.08 bits per heavy atom. The molecule has 0 radical (unpaired) electrons. The predicted octanol–water partition coefficient (Wildman–Crippen LogP) is 3.40. The van der Waals surface area contributed by atoms with Crippen molar-refractivity contribution in [1.29, 1.82) is 0 Å². The van der Waals surface area contributed by atoms with Gasteiger partial charge in [-0.3, -0.25) is 9.59 Å². The molecule has 1 aliphatic rings. The molecule has 1 heterocycles. The molecule has 0 unspecified atom stereocenters. The minimum Gasteiger partial charge on any atom is -0.355 e. The second kappa shape index (κ2) is 6.48. The molecule has 24 heavy (non-hydrogen) atoms. The van der Waals surface area contributed by atoms with Gasteiger partial charge < -0.3 is 10.2 Å². The molecule has 4 nitrogen and oxygen atoms in total. The molecule has 1 atom stereocenters. The average Bonchev–Trinajstić information content (AvgIpc) is 2.60. The van der Waals surface area contributed by atoms with Gasteiger partial charge in [0.15, 0.2) is 0 Å². The number of rotatable bonds is 2. The number of aryl methyl sites for hydroxylation is 1. The van der Waals surface area contributed by atoms with Crippen LogP contribution in [0.1, 0.15) is 36.2 Å². The van der Waals surface area contributed by atoms with E-state index in [1.807, 2.05) is 41.3 Å². The Kier molecular flexibility index (Phi) is 4.38. The normalized spacial score (nSPS) is 16.5. The third-order valence-electron chi connectivity index (χ3n) is 4.66. The first-order valence-corrected chi connectivity index (χ1v) is 8.26. The summed E-state index contributed by atoms with van der Waals surface area (Å²) in [5.74, 6) is 0.00390. The van der Waals surface area contributed by atoms with Crippen LogP contribution in [-0.2, 0) is 11.2 Å². The van der Waals surface area contributed by atoms with E-state index in [4.69, 9.17) is 0 Å². The number of carbonyl (C=O) groups excluding carboxylic acids is 2. The molecule has 0 bridgehead atoms. The van der Waals surface area contributed by atoms with Crippen LogP contribution >= 0.6 is 0 Å². The van der Waals surface area contributed by atoms with Crippen LogP contribution in [0.25, 0.3) is 11.1 Å². The van der Waals surface area contributed by atoms with Gasteiger partial charge in [-0.05, 0) is 60.7 Å². The molecule has 1 N–H and O–H groups in total. The third kappa shape index (κ3) is 2.92. The van der Waals surface area contributed by atoms with E-state index in [9.17, 15) is 9.59 Å². The molecule has 2 aromatic rings. The lowest BCUT2D eigenvalue weighted by atomic mass is 9.93. The topological polar surface area (TPSA) is 49.4 Å². The van der Waals surface area contributed by atoms with E-state index in [0.29, 0.717) is 5.56 Å². The Hall–Kier alpha value is -2.62. The van der Waals surface area contributed by atoms with Crippen LogP contribution in [0.3, 0.4) is 0 Å². The van der Waals surface area contributed by atoms with Crippen LogP contribution in [0.5, 0.6) is 0 Å². The summed E-state index contributed by atoms with van der Waals surface area (Å²) in [7, 11) is 1.63. The summed E-state index contributed by atoms with van der Waals surface area (Å²) in [6.07, 6.45) is 1.95. The number of nitrogens with one attached hydrogen (secondary N) is 1. The lowest BCUT2D eigenvalue weighted by Gasteiger charge is -2.34. The summed E-state index contributed by atoms with van der Waals surface area (Å²) < 4.78 is 0. The predicted molar refractivity (Wildman–Crippen MR) is 96.2 cm³/mol. The Bertz CT molecular complexity index is 781. The Labute approximate surface area is 142 Å². The molecule has 0 saturated carbocycles. The molecule has 0 aliphatic carbocycles. The maximum Gasteiger partial charge on any atom is 0.251 e. The molecule has 0 aromatic heterocycles. The SMILES string of the molecule is CNC(=O)c1ccc(-c2ccc3c(c2)CC[C@H](C)N3C(C)=O)cc1. The molecular formula is C20H22N2O2. The lowest BCUT2D eigenvalue weighted by molar-refractivity contribution is -0.117. The van der Waals surface area contributed by atoms with Gasteiger partial charge in [-0.15, -0.1) is 0 Å². The number of amides is 2. The molecule has 124 valence electrons.